The summed E-state index contributed by atoms with van der Waals surface area (Å²) in [6.45, 7) is 9.64. The maximum Gasteiger partial charge on any atom is 0.0347 e. The Morgan fingerprint density at radius 1 is 1.25 bits per heavy atom. The van der Waals surface area contributed by atoms with Crippen molar-refractivity contribution in [1.29, 1.82) is 0 Å². The molecule has 0 aromatic rings. The summed E-state index contributed by atoms with van der Waals surface area (Å²) in [6, 6.07) is 0.844. The number of hydrogen-bond donors (Lipinski definition) is 0. The third-order valence-electron chi connectivity index (χ3n) is 2.68. The zero-order valence-corrected chi connectivity index (χ0v) is 8.71. The Morgan fingerprint density at radius 3 is 2.42 bits per heavy atom. The highest BCUT2D eigenvalue weighted by molar-refractivity contribution is 4.86. The fraction of sp³-hybridized carbons (Fsp3) is 1.00. The van der Waals surface area contributed by atoms with Crippen LogP contribution in [0.4, 0.5) is 0 Å². The van der Waals surface area contributed by atoms with Gasteiger partial charge in [-0.3, -0.25) is 0 Å². The van der Waals surface area contributed by atoms with Gasteiger partial charge in [-0.15, -0.1) is 0 Å². The van der Waals surface area contributed by atoms with E-state index in [1.54, 1.807) is 0 Å². The van der Waals surface area contributed by atoms with E-state index >= 15 is 0 Å². The van der Waals surface area contributed by atoms with Gasteiger partial charge in [-0.2, -0.15) is 0 Å². The Balaban J connectivity index is 2.07. The van der Waals surface area contributed by atoms with Crippen LogP contribution in [0.1, 0.15) is 26.7 Å². The second-order valence-corrected chi connectivity index (χ2v) is 3.89. The first-order valence-electron chi connectivity index (χ1n) is 5.20. The summed E-state index contributed by atoms with van der Waals surface area (Å²) in [5.74, 6) is 0. The van der Waals surface area contributed by atoms with E-state index in [-0.39, 0.29) is 0 Å². The van der Waals surface area contributed by atoms with Gasteiger partial charge in [0.05, 0.1) is 0 Å². The molecule has 0 saturated carbocycles. The third-order valence-corrected chi connectivity index (χ3v) is 2.68. The second kappa shape index (κ2) is 4.83. The number of likely N-dealkylation sites (tertiary alicyclic amines) is 1. The number of hydrogen-bond acceptors (Lipinski definition) is 2. The van der Waals surface area contributed by atoms with Gasteiger partial charge < -0.3 is 9.80 Å². The molecule has 1 saturated heterocycles. The molecule has 0 aromatic heterocycles. The molecule has 1 fully saturated rings. The van der Waals surface area contributed by atoms with E-state index in [4.69, 9.17) is 0 Å². The Kier molecular flexibility index (Phi) is 4.02. The first-order chi connectivity index (χ1) is 5.77. The fourth-order valence-corrected chi connectivity index (χ4v) is 1.86. The molecule has 0 aliphatic carbocycles. The largest absolute Gasteiger partial charge is 0.301 e. The lowest BCUT2D eigenvalue weighted by atomic mass is 10.1. The molecule has 0 amide bonds. The average molecular weight is 170 g/mol. The predicted octanol–water partition coefficient (Wildman–Crippen LogP) is 1.42. The molecule has 72 valence electrons. The maximum absolute atomic E-state index is 2.54. The van der Waals surface area contributed by atoms with Gasteiger partial charge in [0.2, 0.25) is 0 Å². The summed E-state index contributed by atoms with van der Waals surface area (Å²) < 4.78 is 0. The molecular formula is C10H22N2. The van der Waals surface area contributed by atoms with Gasteiger partial charge in [0, 0.05) is 19.1 Å². The Bertz CT molecular complexity index is 119. The topological polar surface area (TPSA) is 6.48 Å². The van der Waals surface area contributed by atoms with E-state index in [1.165, 1.54) is 39.0 Å². The number of rotatable bonds is 5. The molecule has 0 aromatic carbocycles. The summed E-state index contributed by atoms with van der Waals surface area (Å²) >= 11 is 0. The molecule has 1 aliphatic heterocycles. The van der Waals surface area contributed by atoms with Crippen molar-refractivity contribution in [3.8, 4) is 0 Å². The molecule has 0 bridgehead atoms. The lowest BCUT2D eigenvalue weighted by Gasteiger charge is -2.44. The Morgan fingerprint density at radius 2 is 1.92 bits per heavy atom. The van der Waals surface area contributed by atoms with Crippen molar-refractivity contribution >= 4 is 0 Å². The van der Waals surface area contributed by atoms with Crippen LogP contribution in [0.5, 0.6) is 0 Å². The molecular weight excluding hydrogens is 148 g/mol. The van der Waals surface area contributed by atoms with Crippen molar-refractivity contribution in [3.63, 3.8) is 0 Å². The van der Waals surface area contributed by atoms with E-state index in [9.17, 15) is 0 Å². The molecule has 0 spiro atoms. The van der Waals surface area contributed by atoms with Gasteiger partial charge in [0.1, 0.15) is 0 Å². The van der Waals surface area contributed by atoms with Crippen LogP contribution in [0.25, 0.3) is 0 Å². The molecule has 1 rings (SSSR count). The van der Waals surface area contributed by atoms with Gasteiger partial charge in [0.25, 0.3) is 0 Å². The summed E-state index contributed by atoms with van der Waals surface area (Å²) in [4.78, 5) is 5.03. The van der Waals surface area contributed by atoms with E-state index in [1.807, 2.05) is 0 Å². The van der Waals surface area contributed by atoms with Crippen molar-refractivity contribution in [2.75, 3.05) is 33.2 Å². The van der Waals surface area contributed by atoms with Crippen LogP contribution < -0.4 is 0 Å². The Hall–Kier alpha value is -0.0800. The van der Waals surface area contributed by atoms with Gasteiger partial charge in [0.15, 0.2) is 0 Å². The summed E-state index contributed by atoms with van der Waals surface area (Å²) in [5, 5.41) is 0. The molecule has 0 atom stereocenters. The van der Waals surface area contributed by atoms with Gasteiger partial charge in [-0.25, -0.2) is 0 Å². The second-order valence-electron chi connectivity index (χ2n) is 3.89. The van der Waals surface area contributed by atoms with Crippen LogP contribution in [0.3, 0.4) is 0 Å². The quantitative estimate of drug-likeness (QED) is 0.616. The zero-order valence-electron chi connectivity index (χ0n) is 8.71. The Labute approximate surface area is 76.5 Å². The highest BCUT2D eigenvalue weighted by Gasteiger charge is 2.28. The lowest BCUT2D eigenvalue weighted by molar-refractivity contribution is 0.0497. The van der Waals surface area contributed by atoms with Gasteiger partial charge >= 0.3 is 0 Å². The normalized spacial score (nSPS) is 20.0. The van der Waals surface area contributed by atoms with E-state index in [0.717, 1.165) is 6.04 Å². The zero-order chi connectivity index (χ0) is 8.97. The third kappa shape index (κ3) is 2.46. The van der Waals surface area contributed by atoms with Gasteiger partial charge in [-0.05, 0) is 33.0 Å². The molecule has 1 aliphatic rings. The molecule has 2 nitrogen and oxygen atoms in total. The maximum atomic E-state index is 2.54. The highest BCUT2D eigenvalue weighted by Crippen LogP contribution is 2.13. The van der Waals surface area contributed by atoms with Crippen molar-refractivity contribution in [1.82, 2.24) is 9.80 Å². The first kappa shape index (κ1) is 10.0. The summed E-state index contributed by atoms with van der Waals surface area (Å²) in [7, 11) is 2.25. The van der Waals surface area contributed by atoms with Crippen LogP contribution in [0, 0.1) is 0 Å². The van der Waals surface area contributed by atoms with Crippen LogP contribution in [-0.2, 0) is 0 Å². The average Bonchev–Trinajstić information content (AvgIpc) is 1.96. The predicted molar refractivity (Wildman–Crippen MR) is 53.4 cm³/mol. The monoisotopic (exact) mass is 170 g/mol. The minimum absolute atomic E-state index is 0.844. The van der Waals surface area contributed by atoms with Crippen LogP contribution >= 0.6 is 0 Å². The number of nitrogens with zero attached hydrogens (tertiary/aromatic N) is 2. The van der Waals surface area contributed by atoms with E-state index in [0.29, 0.717) is 0 Å². The van der Waals surface area contributed by atoms with Crippen molar-refractivity contribution in [3.05, 3.63) is 0 Å². The van der Waals surface area contributed by atoms with Crippen LogP contribution in [0.2, 0.25) is 0 Å². The fourth-order valence-electron chi connectivity index (χ4n) is 1.86. The summed E-state index contributed by atoms with van der Waals surface area (Å²) in [5.41, 5.74) is 0. The van der Waals surface area contributed by atoms with E-state index < -0.39 is 0 Å². The van der Waals surface area contributed by atoms with Crippen LogP contribution in [0.15, 0.2) is 0 Å². The minimum Gasteiger partial charge on any atom is -0.301 e. The van der Waals surface area contributed by atoms with Crippen LogP contribution in [-0.4, -0.2) is 49.1 Å². The first-order valence-corrected chi connectivity index (χ1v) is 5.20. The SMILES string of the molecule is CCCN1CC(N(C)CCC)C1. The molecule has 0 radical (unpaired) electrons. The number of likely N-dealkylation sites (N-methyl/N-ethyl adjacent to an activating group) is 1. The molecule has 0 N–H and O–H groups in total. The van der Waals surface area contributed by atoms with Crippen molar-refractivity contribution in [2.24, 2.45) is 0 Å². The highest BCUT2D eigenvalue weighted by atomic mass is 15.3. The van der Waals surface area contributed by atoms with Crippen molar-refractivity contribution in [2.45, 2.75) is 32.7 Å². The molecule has 12 heavy (non-hydrogen) atoms. The smallest absolute Gasteiger partial charge is 0.0347 e. The van der Waals surface area contributed by atoms with Crippen molar-refractivity contribution < 1.29 is 0 Å². The molecule has 2 heteroatoms. The lowest BCUT2D eigenvalue weighted by Crippen LogP contribution is -2.58. The van der Waals surface area contributed by atoms with Gasteiger partial charge in [-0.1, -0.05) is 13.8 Å². The van der Waals surface area contributed by atoms with E-state index in [2.05, 4.69) is 30.7 Å². The molecule has 1 heterocycles. The molecule has 0 unspecified atom stereocenters. The summed E-state index contributed by atoms with van der Waals surface area (Å²) in [6.07, 6.45) is 2.57. The standard InChI is InChI=1S/C10H22N2/c1-4-6-11(3)10-8-12(9-10)7-5-2/h10H,4-9H2,1-3H3. The minimum atomic E-state index is 0.844.